The number of nitrogens with one attached hydrogen (secondary N) is 3. The molecule has 0 radical (unpaired) electrons. The van der Waals surface area contributed by atoms with Gasteiger partial charge >= 0.3 is 0 Å². The molecule has 0 aliphatic rings. The number of ether oxygens (including phenoxy) is 1. The van der Waals surface area contributed by atoms with Crippen molar-refractivity contribution in [1.82, 2.24) is 15.0 Å². The Bertz CT molecular complexity index is 1280. The quantitative estimate of drug-likeness (QED) is 0.297. The molecule has 0 saturated carbocycles. The molecule has 166 valence electrons. The van der Waals surface area contributed by atoms with E-state index in [1.54, 1.807) is 37.6 Å². The number of halogens is 1. The minimum absolute atomic E-state index is 0.238. The molecule has 0 aliphatic carbocycles. The van der Waals surface area contributed by atoms with Crippen LogP contribution in [0.15, 0.2) is 77.7 Å². The summed E-state index contributed by atoms with van der Waals surface area (Å²) >= 11 is 3.40. The Labute approximate surface area is 199 Å². The molecule has 33 heavy (non-hydrogen) atoms. The highest BCUT2D eigenvalue weighted by molar-refractivity contribution is 9.10. The predicted octanol–water partition coefficient (Wildman–Crippen LogP) is 5.69. The number of anilines is 5. The summed E-state index contributed by atoms with van der Waals surface area (Å²) in [7, 11) is 1.56. The zero-order chi connectivity index (χ0) is 23.2. The van der Waals surface area contributed by atoms with E-state index in [0.29, 0.717) is 38.9 Å². The van der Waals surface area contributed by atoms with Crippen LogP contribution in [0.25, 0.3) is 0 Å². The third-order valence-corrected chi connectivity index (χ3v) is 5.36. The number of pyridine rings is 1. The largest absolute Gasteiger partial charge is 0.497 e. The molecule has 2 aromatic heterocycles. The van der Waals surface area contributed by atoms with Crippen LogP contribution >= 0.6 is 15.9 Å². The minimum Gasteiger partial charge on any atom is -0.497 e. The van der Waals surface area contributed by atoms with Crippen LogP contribution in [-0.4, -0.2) is 28.0 Å². The summed E-state index contributed by atoms with van der Waals surface area (Å²) in [4.78, 5) is 25.4. The second-order valence-electron chi connectivity index (χ2n) is 7.13. The molecule has 4 rings (SSSR count). The van der Waals surface area contributed by atoms with Crippen LogP contribution < -0.4 is 20.7 Å². The normalized spacial score (nSPS) is 10.4. The Kier molecular flexibility index (Phi) is 6.80. The molecule has 3 N–H and O–H groups in total. The lowest BCUT2D eigenvalue weighted by Crippen LogP contribution is -2.12. The van der Waals surface area contributed by atoms with Crippen molar-refractivity contribution in [2.75, 3.05) is 23.1 Å². The van der Waals surface area contributed by atoms with Gasteiger partial charge in [0.2, 0.25) is 0 Å². The van der Waals surface area contributed by atoms with Crippen LogP contribution in [-0.2, 0) is 0 Å². The van der Waals surface area contributed by atoms with Crippen molar-refractivity contribution in [3.8, 4) is 5.75 Å². The van der Waals surface area contributed by atoms with Crippen molar-refractivity contribution in [2.24, 2.45) is 0 Å². The second-order valence-corrected chi connectivity index (χ2v) is 7.99. The van der Waals surface area contributed by atoms with Crippen LogP contribution in [0.3, 0.4) is 0 Å². The van der Waals surface area contributed by atoms with E-state index in [9.17, 15) is 4.79 Å². The number of aromatic nitrogens is 3. The van der Waals surface area contributed by atoms with Gasteiger partial charge in [0.25, 0.3) is 5.91 Å². The highest BCUT2D eigenvalue weighted by Gasteiger charge is 2.12. The van der Waals surface area contributed by atoms with Crippen LogP contribution in [0.5, 0.6) is 5.75 Å². The fourth-order valence-corrected chi connectivity index (χ4v) is 3.45. The lowest BCUT2D eigenvalue weighted by atomic mass is 10.2. The first-order valence-corrected chi connectivity index (χ1v) is 10.8. The third-order valence-electron chi connectivity index (χ3n) is 4.67. The molecule has 2 heterocycles. The number of amides is 1. The van der Waals surface area contributed by atoms with Gasteiger partial charge in [0.1, 0.15) is 29.5 Å². The lowest BCUT2D eigenvalue weighted by molar-refractivity contribution is 0.102. The fraction of sp³-hybridized carbons (Fsp3) is 0.0833. The smallest absolute Gasteiger partial charge is 0.256 e. The zero-order valence-electron chi connectivity index (χ0n) is 18.0. The van der Waals surface area contributed by atoms with E-state index >= 15 is 0 Å². The topological polar surface area (TPSA) is 101 Å². The number of benzene rings is 2. The Balaban J connectivity index is 1.41. The number of carbonyl (C=O) groups excluding carboxylic acids is 1. The number of aryl methyl sites for hydroxylation is 1. The summed E-state index contributed by atoms with van der Waals surface area (Å²) < 4.78 is 5.89. The van der Waals surface area contributed by atoms with Gasteiger partial charge in [0.05, 0.1) is 12.7 Å². The summed E-state index contributed by atoms with van der Waals surface area (Å²) in [5, 5.41) is 9.28. The van der Waals surface area contributed by atoms with Crippen LogP contribution in [0.4, 0.5) is 28.8 Å². The molecular weight excluding hydrogens is 484 g/mol. The van der Waals surface area contributed by atoms with Crippen LogP contribution in [0.1, 0.15) is 15.9 Å². The zero-order valence-corrected chi connectivity index (χ0v) is 19.6. The van der Waals surface area contributed by atoms with Crippen LogP contribution in [0, 0.1) is 6.92 Å². The van der Waals surface area contributed by atoms with Crippen molar-refractivity contribution >= 4 is 50.7 Å². The second kappa shape index (κ2) is 10.1. The maximum absolute atomic E-state index is 12.6. The highest BCUT2D eigenvalue weighted by Crippen LogP contribution is 2.25. The molecule has 0 saturated heterocycles. The lowest BCUT2D eigenvalue weighted by Gasteiger charge is -2.11. The number of methoxy groups -OCH3 is 1. The minimum atomic E-state index is -0.238. The van der Waals surface area contributed by atoms with Crippen molar-refractivity contribution in [2.45, 2.75) is 6.92 Å². The van der Waals surface area contributed by atoms with E-state index in [1.807, 2.05) is 43.3 Å². The average Bonchev–Trinajstić information content (AvgIpc) is 2.81. The average molecular weight is 505 g/mol. The molecular formula is C24H21BrN6O2. The molecule has 8 nitrogen and oxygen atoms in total. The van der Waals surface area contributed by atoms with E-state index in [1.165, 1.54) is 6.33 Å². The number of hydrogen-bond donors (Lipinski definition) is 3. The number of hydrogen-bond acceptors (Lipinski definition) is 7. The van der Waals surface area contributed by atoms with Crippen LogP contribution in [0.2, 0.25) is 0 Å². The van der Waals surface area contributed by atoms with Crippen molar-refractivity contribution < 1.29 is 9.53 Å². The first-order chi connectivity index (χ1) is 16.0. The summed E-state index contributed by atoms with van der Waals surface area (Å²) in [6.45, 7) is 2.00. The van der Waals surface area contributed by atoms with E-state index in [-0.39, 0.29) is 5.91 Å². The van der Waals surface area contributed by atoms with Gasteiger partial charge in [-0.25, -0.2) is 15.0 Å². The molecule has 0 atom stereocenters. The van der Waals surface area contributed by atoms with Crippen molar-refractivity contribution in [3.63, 3.8) is 0 Å². The van der Waals surface area contributed by atoms with Gasteiger partial charge in [-0.15, -0.1) is 0 Å². The van der Waals surface area contributed by atoms with Gasteiger partial charge in [-0.2, -0.15) is 0 Å². The Hall–Kier alpha value is -3.98. The summed E-state index contributed by atoms with van der Waals surface area (Å²) in [5.41, 5.74) is 3.07. The summed E-state index contributed by atoms with van der Waals surface area (Å²) in [6, 6.07) is 18.2. The van der Waals surface area contributed by atoms with Gasteiger partial charge in [-0.1, -0.05) is 0 Å². The van der Waals surface area contributed by atoms with Gasteiger partial charge in [0, 0.05) is 28.1 Å². The van der Waals surface area contributed by atoms with Crippen molar-refractivity contribution in [3.05, 3.63) is 88.8 Å². The van der Waals surface area contributed by atoms with Gasteiger partial charge in [-0.05, 0) is 83.0 Å². The SMILES string of the molecule is COc1ccc(Br)c(C(=O)Nc2ccc(Nc3cc(Nc4cc(C)ccn4)ncn3)cc2)c1. The third kappa shape index (κ3) is 5.83. The van der Waals surface area contributed by atoms with E-state index < -0.39 is 0 Å². The number of rotatable bonds is 7. The summed E-state index contributed by atoms with van der Waals surface area (Å²) in [5.74, 6) is 2.33. The first-order valence-electron chi connectivity index (χ1n) is 10.0. The Morgan fingerprint density at radius 2 is 1.55 bits per heavy atom. The Morgan fingerprint density at radius 1 is 0.848 bits per heavy atom. The van der Waals surface area contributed by atoms with E-state index in [2.05, 4.69) is 46.8 Å². The molecule has 9 heteroatoms. The van der Waals surface area contributed by atoms with E-state index in [4.69, 9.17) is 4.74 Å². The fourth-order valence-electron chi connectivity index (χ4n) is 3.02. The maximum atomic E-state index is 12.6. The highest BCUT2D eigenvalue weighted by atomic mass is 79.9. The molecule has 0 spiro atoms. The molecule has 1 amide bonds. The predicted molar refractivity (Wildman–Crippen MR) is 133 cm³/mol. The van der Waals surface area contributed by atoms with Gasteiger partial charge in [-0.3, -0.25) is 4.79 Å². The molecule has 2 aromatic carbocycles. The standard InChI is InChI=1S/C24H21BrN6O2/c1-15-9-10-26-21(11-15)31-23-13-22(27-14-28-23)29-16-3-5-17(6-4-16)30-24(32)19-12-18(33-2)7-8-20(19)25/h3-14H,1-2H3,(H,30,32)(H2,26,27,28,29,31). The maximum Gasteiger partial charge on any atom is 0.256 e. The molecule has 0 bridgehead atoms. The molecule has 0 unspecified atom stereocenters. The summed E-state index contributed by atoms with van der Waals surface area (Å²) in [6.07, 6.45) is 3.21. The number of carbonyl (C=O) groups is 1. The van der Waals surface area contributed by atoms with E-state index in [0.717, 1.165) is 11.3 Å². The van der Waals surface area contributed by atoms with Crippen molar-refractivity contribution in [1.29, 1.82) is 0 Å². The molecule has 4 aromatic rings. The van der Waals surface area contributed by atoms with Gasteiger partial charge in [0.15, 0.2) is 0 Å². The molecule has 0 fully saturated rings. The number of nitrogens with zero attached hydrogens (tertiary/aromatic N) is 3. The molecule has 0 aliphatic heterocycles. The monoisotopic (exact) mass is 504 g/mol. The first kappa shape index (κ1) is 22.2. The van der Waals surface area contributed by atoms with Gasteiger partial charge < -0.3 is 20.7 Å². The Morgan fingerprint density at radius 3 is 2.27 bits per heavy atom.